The summed E-state index contributed by atoms with van der Waals surface area (Å²) in [5, 5.41) is 2.57. The maximum absolute atomic E-state index is 12.9. The van der Waals surface area contributed by atoms with Crippen molar-refractivity contribution in [2.24, 2.45) is 0 Å². The number of hydrogen-bond donors (Lipinski definition) is 1. The predicted octanol–water partition coefficient (Wildman–Crippen LogP) is 4.12. The third kappa shape index (κ3) is 5.77. The molecule has 0 unspecified atom stereocenters. The Labute approximate surface area is 155 Å². The summed E-state index contributed by atoms with van der Waals surface area (Å²) < 4.78 is 18.1. The van der Waals surface area contributed by atoms with E-state index in [-0.39, 0.29) is 25.0 Å². The lowest BCUT2D eigenvalue weighted by molar-refractivity contribution is -0.154. The quantitative estimate of drug-likeness (QED) is 0.555. The first-order valence-corrected chi connectivity index (χ1v) is 9.06. The van der Waals surface area contributed by atoms with E-state index in [1.807, 2.05) is 13.0 Å². The van der Waals surface area contributed by atoms with Crippen LogP contribution >= 0.6 is 11.3 Å². The SMILES string of the molecule is CC[C@H](OC(=O)CCC(=O)c1ccc(C)s1)C(=O)Nc1ccc(F)cc1. The van der Waals surface area contributed by atoms with Crippen LogP contribution in [0.25, 0.3) is 0 Å². The normalized spacial score (nSPS) is 11.7. The molecule has 0 radical (unpaired) electrons. The molecule has 0 spiro atoms. The maximum atomic E-state index is 12.9. The highest BCUT2D eigenvalue weighted by atomic mass is 32.1. The molecule has 0 aliphatic rings. The van der Waals surface area contributed by atoms with Crippen LogP contribution in [0, 0.1) is 12.7 Å². The van der Waals surface area contributed by atoms with Gasteiger partial charge in [-0.05, 0) is 49.7 Å². The van der Waals surface area contributed by atoms with Crippen molar-refractivity contribution in [1.82, 2.24) is 0 Å². The number of esters is 1. The Morgan fingerprint density at radius 3 is 2.38 bits per heavy atom. The first kappa shape index (κ1) is 19.8. The minimum absolute atomic E-state index is 0.0365. The molecule has 0 bridgehead atoms. The summed E-state index contributed by atoms with van der Waals surface area (Å²) in [5.41, 5.74) is 0.411. The fourth-order valence-electron chi connectivity index (χ4n) is 2.22. The summed E-state index contributed by atoms with van der Waals surface area (Å²) in [4.78, 5) is 37.8. The lowest BCUT2D eigenvalue weighted by atomic mass is 10.2. The maximum Gasteiger partial charge on any atom is 0.307 e. The zero-order valence-corrected chi connectivity index (χ0v) is 15.4. The Kier molecular flexibility index (Phi) is 7.03. The molecule has 26 heavy (non-hydrogen) atoms. The van der Waals surface area contributed by atoms with Gasteiger partial charge in [-0.15, -0.1) is 11.3 Å². The number of hydrogen-bond acceptors (Lipinski definition) is 5. The molecule has 2 rings (SSSR count). The Bertz CT molecular complexity index is 785. The van der Waals surface area contributed by atoms with Gasteiger partial charge in [-0.1, -0.05) is 6.92 Å². The second-order valence-corrected chi connectivity index (χ2v) is 7.00. The number of Topliss-reactive ketones (excluding diaryl/α,β-unsaturated/α-hetero) is 1. The van der Waals surface area contributed by atoms with E-state index in [0.29, 0.717) is 10.6 Å². The summed E-state index contributed by atoms with van der Waals surface area (Å²) in [5.74, 6) is -1.63. The number of rotatable bonds is 8. The summed E-state index contributed by atoms with van der Waals surface area (Å²) in [6.45, 7) is 3.61. The van der Waals surface area contributed by atoms with Crippen molar-refractivity contribution >= 4 is 34.7 Å². The standard InChI is InChI=1S/C19H20FNO4S/c1-3-16(19(24)21-14-7-5-13(20)6-8-14)25-18(23)11-9-15(22)17-10-4-12(2)26-17/h4-8,10,16H,3,9,11H2,1-2H3,(H,21,24)/t16-/m0/s1. The molecule has 2 aromatic rings. The van der Waals surface area contributed by atoms with Crippen LogP contribution < -0.4 is 5.32 Å². The number of nitrogens with one attached hydrogen (secondary N) is 1. The van der Waals surface area contributed by atoms with Gasteiger partial charge in [0.05, 0.1) is 11.3 Å². The molecule has 0 saturated carbocycles. The molecule has 7 heteroatoms. The van der Waals surface area contributed by atoms with Gasteiger partial charge in [0.2, 0.25) is 0 Å². The molecule has 1 heterocycles. The fraction of sp³-hybridized carbons (Fsp3) is 0.316. The lowest BCUT2D eigenvalue weighted by Crippen LogP contribution is -2.32. The number of halogens is 1. The van der Waals surface area contributed by atoms with E-state index in [9.17, 15) is 18.8 Å². The molecular formula is C19H20FNO4S. The number of aryl methyl sites for hydroxylation is 1. The lowest BCUT2D eigenvalue weighted by Gasteiger charge is -2.16. The highest BCUT2D eigenvalue weighted by Crippen LogP contribution is 2.18. The van der Waals surface area contributed by atoms with Gasteiger partial charge < -0.3 is 10.1 Å². The average molecular weight is 377 g/mol. The zero-order valence-electron chi connectivity index (χ0n) is 14.6. The monoisotopic (exact) mass is 377 g/mol. The smallest absolute Gasteiger partial charge is 0.307 e. The molecule has 1 aromatic carbocycles. The third-order valence-electron chi connectivity index (χ3n) is 3.62. The number of ether oxygens (including phenoxy) is 1. The Morgan fingerprint density at radius 2 is 1.81 bits per heavy atom. The van der Waals surface area contributed by atoms with Gasteiger partial charge in [-0.2, -0.15) is 0 Å². The van der Waals surface area contributed by atoms with Gasteiger partial charge >= 0.3 is 5.97 Å². The summed E-state index contributed by atoms with van der Waals surface area (Å²) in [7, 11) is 0. The predicted molar refractivity (Wildman–Crippen MR) is 97.8 cm³/mol. The first-order valence-electron chi connectivity index (χ1n) is 8.24. The fourth-order valence-corrected chi connectivity index (χ4v) is 3.05. The topological polar surface area (TPSA) is 72.5 Å². The molecule has 138 valence electrons. The minimum Gasteiger partial charge on any atom is -0.452 e. The van der Waals surface area contributed by atoms with Crippen molar-refractivity contribution in [1.29, 1.82) is 0 Å². The molecule has 1 atom stereocenters. The zero-order chi connectivity index (χ0) is 19.1. The number of benzene rings is 1. The molecule has 5 nitrogen and oxygen atoms in total. The number of amides is 1. The largest absolute Gasteiger partial charge is 0.452 e. The Morgan fingerprint density at radius 1 is 1.12 bits per heavy atom. The van der Waals surface area contributed by atoms with Crippen LogP contribution in [0.15, 0.2) is 36.4 Å². The van der Waals surface area contributed by atoms with E-state index < -0.39 is 23.8 Å². The van der Waals surface area contributed by atoms with E-state index in [2.05, 4.69) is 5.32 Å². The summed E-state index contributed by atoms with van der Waals surface area (Å²) in [6, 6.07) is 8.87. The van der Waals surface area contributed by atoms with E-state index in [0.717, 1.165) is 4.88 Å². The molecule has 0 saturated heterocycles. The first-order chi connectivity index (χ1) is 12.4. The number of carbonyl (C=O) groups is 3. The molecule has 0 aliphatic heterocycles. The van der Waals surface area contributed by atoms with Gasteiger partial charge in [0.1, 0.15) is 5.82 Å². The van der Waals surface area contributed by atoms with Crippen molar-refractivity contribution in [3.63, 3.8) is 0 Å². The minimum atomic E-state index is -0.966. The van der Waals surface area contributed by atoms with Gasteiger partial charge in [0.25, 0.3) is 5.91 Å². The number of ketones is 1. The van der Waals surface area contributed by atoms with Crippen molar-refractivity contribution in [2.75, 3.05) is 5.32 Å². The second kappa shape index (κ2) is 9.24. The highest BCUT2D eigenvalue weighted by molar-refractivity contribution is 7.14. The molecule has 1 amide bonds. The van der Waals surface area contributed by atoms with Gasteiger partial charge in [-0.25, -0.2) is 4.39 Å². The third-order valence-corrected chi connectivity index (χ3v) is 4.66. The molecule has 0 fully saturated rings. The van der Waals surface area contributed by atoms with Crippen molar-refractivity contribution < 1.29 is 23.5 Å². The number of thiophene rings is 1. The summed E-state index contributed by atoms with van der Waals surface area (Å²) >= 11 is 1.38. The van der Waals surface area contributed by atoms with Crippen LogP contribution in [0.2, 0.25) is 0 Å². The average Bonchev–Trinajstić information content (AvgIpc) is 3.06. The van der Waals surface area contributed by atoms with Crippen LogP contribution in [0.1, 0.15) is 40.7 Å². The molecule has 0 aliphatic carbocycles. The van der Waals surface area contributed by atoms with Crippen molar-refractivity contribution in [2.45, 2.75) is 39.2 Å². The van der Waals surface area contributed by atoms with Crippen LogP contribution in [-0.4, -0.2) is 23.8 Å². The highest BCUT2D eigenvalue weighted by Gasteiger charge is 2.22. The Hall–Kier alpha value is -2.54. The van der Waals surface area contributed by atoms with Crippen LogP contribution in [0.5, 0.6) is 0 Å². The van der Waals surface area contributed by atoms with E-state index in [1.165, 1.54) is 35.6 Å². The van der Waals surface area contributed by atoms with Gasteiger partial charge in [0.15, 0.2) is 11.9 Å². The van der Waals surface area contributed by atoms with Crippen LogP contribution in [0.3, 0.4) is 0 Å². The van der Waals surface area contributed by atoms with Crippen molar-refractivity contribution in [3.8, 4) is 0 Å². The number of carbonyl (C=O) groups excluding carboxylic acids is 3. The summed E-state index contributed by atoms with van der Waals surface area (Å²) in [6.07, 6.45) is -0.728. The van der Waals surface area contributed by atoms with Crippen molar-refractivity contribution in [3.05, 3.63) is 52.0 Å². The molecular weight excluding hydrogens is 357 g/mol. The van der Waals surface area contributed by atoms with Crippen LogP contribution in [0.4, 0.5) is 10.1 Å². The second-order valence-electron chi connectivity index (χ2n) is 5.72. The molecule has 1 N–H and O–H groups in total. The van der Waals surface area contributed by atoms with E-state index in [4.69, 9.17) is 4.74 Å². The van der Waals surface area contributed by atoms with Gasteiger partial charge in [0, 0.05) is 17.0 Å². The Balaban J connectivity index is 1.83. The van der Waals surface area contributed by atoms with Gasteiger partial charge in [-0.3, -0.25) is 14.4 Å². The van der Waals surface area contributed by atoms with E-state index in [1.54, 1.807) is 13.0 Å². The number of anilines is 1. The molecule has 1 aromatic heterocycles. The van der Waals surface area contributed by atoms with Crippen LogP contribution in [-0.2, 0) is 14.3 Å². The van der Waals surface area contributed by atoms with E-state index >= 15 is 0 Å².